The Labute approximate surface area is 155 Å². The molecule has 1 aliphatic carbocycles. The number of aromatic nitrogens is 4. The van der Waals surface area contributed by atoms with Crippen molar-refractivity contribution >= 4 is 17.1 Å². The lowest BCUT2D eigenvalue weighted by Gasteiger charge is -2.12. The first-order valence-electron chi connectivity index (χ1n) is 9.15. The van der Waals surface area contributed by atoms with Gasteiger partial charge in [-0.25, -0.2) is 9.20 Å². The van der Waals surface area contributed by atoms with Crippen LogP contribution in [-0.2, 0) is 24.2 Å². The molecule has 1 aromatic carbocycles. The predicted molar refractivity (Wildman–Crippen MR) is 100 cm³/mol. The van der Waals surface area contributed by atoms with Crippen molar-refractivity contribution in [3.8, 4) is 5.75 Å². The largest absolute Gasteiger partial charge is 0.492 e. The molecule has 2 aromatic heterocycles. The molecule has 0 fully saturated rings. The number of rotatable bonds is 5. The van der Waals surface area contributed by atoms with Gasteiger partial charge in [0.1, 0.15) is 24.1 Å². The third-order valence-corrected chi connectivity index (χ3v) is 4.67. The van der Waals surface area contributed by atoms with E-state index in [2.05, 4.69) is 15.5 Å². The Morgan fingerprint density at radius 1 is 1.26 bits per heavy atom. The Morgan fingerprint density at radius 2 is 2.07 bits per heavy atom. The van der Waals surface area contributed by atoms with Crippen molar-refractivity contribution in [3.05, 3.63) is 52.2 Å². The maximum atomic E-state index is 12.9. The van der Waals surface area contributed by atoms with E-state index in [9.17, 15) is 9.59 Å². The van der Waals surface area contributed by atoms with Crippen LogP contribution in [0.25, 0.3) is 5.52 Å². The third kappa shape index (κ3) is 3.30. The van der Waals surface area contributed by atoms with Gasteiger partial charge in [0.05, 0.1) is 18.0 Å². The number of nitrogens with one attached hydrogen (secondary N) is 1. The minimum Gasteiger partial charge on any atom is -0.492 e. The Balaban J connectivity index is 1.59. The van der Waals surface area contributed by atoms with Gasteiger partial charge in [0.25, 0.3) is 5.56 Å². The van der Waals surface area contributed by atoms with Crippen LogP contribution in [0.2, 0.25) is 0 Å². The number of hydrogen-bond acceptors (Lipinski definition) is 5. The van der Waals surface area contributed by atoms with Crippen LogP contribution in [-0.4, -0.2) is 31.9 Å². The maximum absolute atomic E-state index is 12.9. The quantitative estimate of drug-likeness (QED) is 0.743. The highest BCUT2D eigenvalue weighted by Crippen LogP contribution is 2.24. The average molecular weight is 367 g/mol. The van der Waals surface area contributed by atoms with E-state index in [0.717, 1.165) is 36.9 Å². The molecular formula is C19H21N5O3. The fourth-order valence-corrected chi connectivity index (χ4v) is 3.46. The molecule has 1 aliphatic rings. The summed E-state index contributed by atoms with van der Waals surface area (Å²) < 4.78 is 8.23. The number of para-hydroxylation sites is 2. The number of carbonyl (C=O) groups excluding carboxylic acids is 1. The van der Waals surface area contributed by atoms with Crippen molar-refractivity contribution in [2.24, 2.45) is 0 Å². The van der Waals surface area contributed by atoms with Crippen molar-refractivity contribution in [2.75, 3.05) is 11.9 Å². The number of fused-ring (bicyclic) bond motifs is 3. The molecule has 8 nitrogen and oxygen atoms in total. The minimum atomic E-state index is -0.338. The monoisotopic (exact) mass is 367 g/mol. The van der Waals surface area contributed by atoms with Crippen molar-refractivity contribution in [3.63, 3.8) is 0 Å². The zero-order chi connectivity index (χ0) is 18.8. The van der Waals surface area contributed by atoms with E-state index >= 15 is 0 Å². The summed E-state index contributed by atoms with van der Waals surface area (Å²) in [4.78, 5) is 25.3. The summed E-state index contributed by atoms with van der Waals surface area (Å²) >= 11 is 0. The highest BCUT2D eigenvalue weighted by molar-refractivity contribution is 5.92. The normalized spacial score (nSPS) is 13.4. The van der Waals surface area contributed by atoms with Gasteiger partial charge in [0.2, 0.25) is 5.91 Å². The van der Waals surface area contributed by atoms with Gasteiger partial charge in [-0.15, -0.1) is 0 Å². The van der Waals surface area contributed by atoms with E-state index in [1.165, 1.54) is 15.5 Å². The van der Waals surface area contributed by atoms with E-state index in [-0.39, 0.29) is 18.0 Å². The Kier molecular flexibility index (Phi) is 4.62. The summed E-state index contributed by atoms with van der Waals surface area (Å²) in [5.74, 6) is 0.253. The lowest BCUT2D eigenvalue weighted by atomic mass is 9.97. The molecular weight excluding hydrogens is 346 g/mol. The van der Waals surface area contributed by atoms with E-state index < -0.39 is 0 Å². The molecule has 0 spiro atoms. The van der Waals surface area contributed by atoms with Gasteiger partial charge in [0, 0.05) is 5.56 Å². The fraction of sp³-hybridized carbons (Fsp3) is 0.368. The zero-order valence-electron chi connectivity index (χ0n) is 15.1. The highest BCUT2D eigenvalue weighted by atomic mass is 16.5. The third-order valence-electron chi connectivity index (χ3n) is 4.67. The van der Waals surface area contributed by atoms with Crippen LogP contribution in [0.4, 0.5) is 5.69 Å². The molecule has 27 heavy (non-hydrogen) atoms. The van der Waals surface area contributed by atoms with Crippen LogP contribution in [0, 0.1) is 0 Å². The van der Waals surface area contributed by atoms with Gasteiger partial charge in [-0.2, -0.15) is 10.2 Å². The van der Waals surface area contributed by atoms with Crippen LogP contribution in [0.3, 0.4) is 0 Å². The second-order valence-corrected chi connectivity index (χ2v) is 6.50. The molecule has 8 heteroatoms. The Bertz CT molecular complexity index is 1050. The SMILES string of the molecule is CCOc1ccccc1NC(=O)Cn1ncn2nc3c(c2c1=O)CCCC3. The average Bonchev–Trinajstić information content (AvgIpc) is 3.05. The first-order valence-corrected chi connectivity index (χ1v) is 9.15. The summed E-state index contributed by atoms with van der Waals surface area (Å²) in [5, 5.41) is 11.3. The Hall–Kier alpha value is -3.16. The van der Waals surface area contributed by atoms with Crippen molar-refractivity contribution in [1.82, 2.24) is 19.4 Å². The number of carbonyl (C=O) groups is 1. The molecule has 2 heterocycles. The minimum absolute atomic E-state index is 0.171. The molecule has 0 saturated heterocycles. The second kappa shape index (κ2) is 7.22. The number of ether oxygens (including phenoxy) is 1. The van der Waals surface area contributed by atoms with E-state index in [1.54, 1.807) is 12.1 Å². The lowest BCUT2D eigenvalue weighted by molar-refractivity contribution is -0.117. The number of amides is 1. The summed E-state index contributed by atoms with van der Waals surface area (Å²) in [6.07, 6.45) is 5.35. The Morgan fingerprint density at radius 3 is 2.93 bits per heavy atom. The van der Waals surface area contributed by atoms with Gasteiger partial charge in [-0.05, 0) is 44.7 Å². The van der Waals surface area contributed by atoms with Crippen molar-refractivity contribution < 1.29 is 9.53 Å². The van der Waals surface area contributed by atoms with Gasteiger partial charge >= 0.3 is 0 Å². The molecule has 0 unspecified atom stereocenters. The molecule has 0 aliphatic heterocycles. The number of hydrogen-bond donors (Lipinski definition) is 1. The topological polar surface area (TPSA) is 90.5 Å². The predicted octanol–water partition coefficient (Wildman–Crippen LogP) is 1.81. The number of nitrogens with zero attached hydrogens (tertiary/aromatic N) is 4. The second-order valence-electron chi connectivity index (χ2n) is 6.50. The van der Waals surface area contributed by atoms with Crippen LogP contribution < -0.4 is 15.6 Å². The number of aryl methyl sites for hydroxylation is 2. The fourth-order valence-electron chi connectivity index (χ4n) is 3.46. The molecule has 0 bridgehead atoms. The van der Waals surface area contributed by atoms with Crippen LogP contribution in [0.1, 0.15) is 31.0 Å². The number of anilines is 1. The molecule has 140 valence electrons. The van der Waals surface area contributed by atoms with E-state index in [4.69, 9.17) is 4.74 Å². The van der Waals surface area contributed by atoms with Crippen molar-refractivity contribution in [1.29, 1.82) is 0 Å². The molecule has 0 atom stereocenters. The molecule has 4 rings (SSSR count). The van der Waals surface area contributed by atoms with Gasteiger partial charge in [0.15, 0.2) is 0 Å². The summed E-state index contributed by atoms with van der Waals surface area (Å²) in [6.45, 7) is 2.20. The molecule has 0 radical (unpaired) electrons. The summed E-state index contributed by atoms with van der Waals surface area (Å²) in [6, 6.07) is 7.19. The number of benzene rings is 1. The first-order chi connectivity index (χ1) is 13.2. The molecule has 1 N–H and O–H groups in total. The maximum Gasteiger partial charge on any atom is 0.293 e. The van der Waals surface area contributed by atoms with Crippen LogP contribution >= 0.6 is 0 Å². The lowest BCUT2D eigenvalue weighted by Crippen LogP contribution is -2.31. The van der Waals surface area contributed by atoms with E-state index in [1.807, 2.05) is 19.1 Å². The highest BCUT2D eigenvalue weighted by Gasteiger charge is 2.20. The molecule has 0 saturated carbocycles. The van der Waals surface area contributed by atoms with E-state index in [0.29, 0.717) is 23.6 Å². The molecule has 3 aromatic rings. The standard InChI is InChI=1S/C19H21N5O3/c1-2-27-16-10-6-5-9-15(16)21-17(25)11-23-19(26)18-13-7-3-4-8-14(13)22-24(18)12-20-23/h5-6,9-10,12H,2-4,7-8,11H2,1H3,(H,21,25). The van der Waals surface area contributed by atoms with Crippen LogP contribution in [0.15, 0.2) is 35.4 Å². The smallest absolute Gasteiger partial charge is 0.293 e. The van der Waals surface area contributed by atoms with Gasteiger partial charge in [-0.1, -0.05) is 12.1 Å². The summed E-state index contributed by atoms with van der Waals surface area (Å²) in [7, 11) is 0. The van der Waals surface area contributed by atoms with Gasteiger partial charge < -0.3 is 10.1 Å². The van der Waals surface area contributed by atoms with Crippen LogP contribution in [0.5, 0.6) is 5.75 Å². The molecule has 1 amide bonds. The van der Waals surface area contributed by atoms with Crippen molar-refractivity contribution in [2.45, 2.75) is 39.2 Å². The summed E-state index contributed by atoms with van der Waals surface area (Å²) in [5.41, 5.74) is 2.77. The zero-order valence-corrected chi connectivity index (χ0v) is 15.1. The van der Waals surface area contributed by atoms with Gasteiger partial charge in [-0.3, -0.25) is 9.59 Å². The first kappa shape index (κ1) is 17.3.